The van der Waals surface area contributed by atoms with Crippen molar-refractivity contribution >= 4 is 0 Å². The van der Waals surface area contributed by atoms with E-state index >= 15 is 0 Å². The highest BCUT2D eigenvalue weighted by Gasteiger charge is 2.27. The first-order valence-electron chi connectivity index (χ1n) is 6.78. The smallest absolute Gasteiger partial charge is 0.243 e. The molecule has 0 aliphatic heterocycles. The third-order valence-corrected chi connectivity index (χ3v) is 3.83. The molecule has 0 bridgehead atoms. The van der Waals surface area contributed by atoms with E-state index in [9.17, 15) is 0 Å². The van der Waals surface area contributed by atoms with E-state index in [-0.39, 0.29) is 6.04 Å². The second-order valence-electron chi connectivity index (χ2n) is 5.49. The zero-order chi connectivity index (χ0) is 13.2. The third-order valence-electron chi connectivity index (χ3n) is 3.83. The summed E-state index contributed by atoms with van der Waals surface area (Å²) in [6.07, 6.45) is 7.57. The van der Waals surface area contributed by atoms with E-state index in [1.54, 1.807) is 12.5 Å². The molecule has 0 radical (unpaired) electrons. The Labute approximate surface area is 111 Å². The maximum absolute atomic E-state index is 6.08. The van der Waals surface area contributed by atoms with Gasteiger partial charge in [0, 0.05) is 24.2 Å². The Morgan fingerprint density at radius 3 is 3.11 bits per heavy atom. The first-order valence-corrected chi connectivity index (χ1v) is 6.78. The predicted molar refractivity (Wildman–Crippen MR) is 69.3 cm³/mol. The Bertz CT molecular complexity index is 521. The summed E-state index contributed by atoms with van der Waals surface area (Å²) in [6, 6.07) is -0.277. The molecule has 2 unspecified atom stereocenters. The molecule has 2 aromatic heterocycles. The molecule has 2 heterocycles. The topological polar surface area (TPSA) is 93.6 Å². The highest BCUT2D eigenvalue weighted by molar-refractivity contribution is 5.04. The lowest BCUT2D eigenvalue weighted by atomic mass is 10.1. The van der Waals surface area contributed by atoms with Crippen molar-refractivity contribution in [3.05, 3.63) is 29.9 Å². The number of hydrogen-bond donors (Lipinski definition) is 2. The summed E-state index contributed by atoms with van der Waals surface area (Å²) in [5, 5.41) is 4.09. The van der Waals surface area contributed by atoms with Gasteiger partial charge in [-0.25, -0.2) is 4.98 Å². The summed E-state index contributed by atoms with van der Waals surface area (Å²) in [5.74, 6) is 2.53. The summed E-state index contributed by atoms with van der Waals surface area (Å²) in [5.41, 5.74) is 7.06. The van der Waals surface area contributed by atoms with Gasteiger partial charge in [0.2, 0.25) is 5.89 Å². The fraction of sp³-hybridized carbons (Fsp3) is 0.615. The number of aromatic nitrogens is 4. The van der Waals surface area contributed by atoms with Crippen LogP contribution in [0.1, 0.15) is 55.6 Å². The molecule has 6 heteroatoms. The highest BCUT2D eigenvalue weighted by atomic mass is 16.5. The second-order valence-corrected chi connectivity index (χ2v) is 5.49. The Balaban J connectivity index is 1.67. The number of H-pyrrole nitrogens is 1. The van der Waals surface area contributed by atoms with Gasteiger partial charge >= 0.3 is 0 Å². The molecule has 1 fully saturated rings. The van der Waals surface area contributed by atoms with Crippen LogP contribution < -0.4 is 5.73 Å². The standard InChI is InChI=1S/C13H19N5O/c1-8-2-3-9(4-8)12-17-13(19-18-12)11(14)5-10-6-15-7-16-10/h6-9,11H,2-5,14H2,1H3,(H,15,16)/t8?,9?,11-/m1/s1. The first-order chi connectivity index (χ1) is 9.22. The minimum Gasteiger partial charge on any atom is -0.348 e. The van der Waals surface area contributed by atoms with Gasteiger partial charge in [-0.15, -0.1) is 0 Å². The van der Waals surface area contributed by atoms with Crippen molar-refractivity contribution in [1.29, 1.82) is 0 Å². The van der Waals surface area contributed by atoms with Crippen molar-refractivity contribution in [2.45, 2.75) is 44.6 Å². The zero-order valence-corrected chi connectivity index (χ0v) is 11.0. The van der Waals surface area contributed by atoms with Gasteiger partial charge in [0.05, 0.1) is 12.4 Å². The van der Waals surface area contributed by atoms with E-state index in [2.05, 4.69) is 27.0 Å². The SMILES string of the molecule is CC1CCC(c2noc([C@H](N)Cc3cnc[nH]3)n2)C1. The molecule has 0 amide bonds. The molecule has 6 nitrogen and oxygen atoms in total. The van der Waals surface area contributed by atoms with Crippen molar-refractivity contribution in [3.8, 4) is 0 Å². The quantitative estimate of drug-likeness (QED) is 0.877. The minimum atomic E-state index is -0.277. The average Bonchev–Trinajstić information content (AvgIpc) is 3.07. The Hall–Kier alpha value is -1.69. The van der Waals surface area contributed by atoms with E-state index in [1.165, 1.54) is 6.42 Å². The minimum absolute atomic E-state index is 0.277. The Kier molecular flexibility index (Phi) is 3.33. The number of rotatable bonds is 4. The van der Waals surface area contributed by atoms with Crippen LogP contribution in [0.5, 0.6) is 0 Å². The van der Waals surface area contributed by atoms with E-state index < -0.39 is 0 Å². The summed E-state index contributed by atoms with van der Waals surface area (Å²) >= 11 is 0. The van der Waals surface area contributed by atoms with Crippen molar-refractivity contribution in [1.82, 2.24) is 20.1 Å². The van der Waals surface area contributed by atoms with Crippen LogP contribution in [-0.4, -0.2) is 20.1 Å². The predicted octanol–water partition coefficient (Wildman–Crippen LogP) is 1.94. The van der Waals surface area contributed by atoms with Gasteiger partial charge in [-0.3, -0.25) is 0 Å². The molecule has 2 aromatic rings. The second kappa shape index (κ2) is 5.13. The molecular weight excluding hydrogens is 242 g/mol. The van der Waals surface area contributed by atoms with Crippen molar-refractivity contribution < 1.29 is 4.52 Å². The number of hydrogen-bond acceptors (Lipinski definition) is 5. The van der Waals surface area contributed by atoms with Crippen LogP contribution in [0.3, 0.4) is 0 Å². The first kappa shape index (κ1) is 12.3. The average molecular weight is 261 g/mol. The van der Waals surface area contributed by atoms with Crippen LogP contribution in [0.4, 0.5) is 0 Å². The summed E-state index contributed by atoms with van der Waals surface area (Å²) in [7, 11) is 0. The number of nitrogens with one attached hydrogen (secondary N) is 1. The fourth-order valence-electron chi connectivity index (χ4n) is 2.73. The molecule has 3 atom stereocenters. The van der Waals surface area contributed by atoms with Gasteiger partial charge in [-0.05, 0) is 25.2 Å². The lowest BCUT2D eigenvalue weighted by Crippen LogP contribution is -2.14. The van der Waals surface area contributed by atoms with E-state index in [4.69, 9.17) is 10.3 Å². The van der Waals surface area contributed by atoms with Crippen molar-refractivity contribution in [2.75, 3.05) is 0 Å². The summed E-state index contributed by atoms with van der Waals surface area (Å²) in [4.78, 5) is 11.5. The van der Waals surface area contributed by atoms with E-state index in [0.29, 0.717) is 18.2 Å². The van der Waals surface area contributed by atoms with Crippen molar-refractivity contribution in [3.63, 3.8) is 0 Å². The molecule has 3 N–H and O–H groups in total. The number of aromatic amines is 1. The number of imidazole rings is 1. The molecule has 3 rings (SSSR count). The zero-order valence-electron chi connectivity index (χ0n) is 11.0. The normalized spacial score (nSPS) is 24.7. The molecule has 19 heavy (non-hydrogen) atoms. The van der Waals surface area contributed by atoms with Crippen LogP contribution in [0.15, 0.2) is 17.0 Å². The number of nitrogens with two attached hydrogens (primary N) is 1. The highest BCUT2D eigenvalue weighted by Crippen LogP contribution is 2.36. The van der Waals surface area contributed by atoms with E-state index in [1.807, 2.05) is 0 Å². The molecule has 1 aliphatic rings. The van der Waals surface area contributed by atoms with Crippen LogP contribution in [0, 0.1) is 5.92 Å². The largest absolute Gasteiger partial charge is 0.348 e. The van der Waals surface area contributed by atoms with Crippen LogP contribution >= 0.6 is 0 Å². The monoisotopic (exact) mass is 261 g/mol. The van der Waals surface area contributed by atoms with Gasteiger partial charge in [0.25, 0.3) is 0 Å². The van der Waals surface area contributed by atoms with Crippen LogP contribution in [0.25, 0.3) is 0 Å². The van der Waals surface area contributed by atoms with Gasteiger partial charge in [0.15, 0.2) is 5.82 Å². The Morgan fingerprint density at radius 1 is 1.53 bits per heavy atom. The molecular formula is C13H19N5O. The van der Waals surface area contributed by atoms with E-state index in [0.717, 1.165) is 30.3 Å². The maximum Gasteiger partial charge on any atom is 0.243 e. The van der Waals surface area contributed by atoms with Crippen molar-refractivity contribution in [2.24, 2.45) is 11.7 Å². The van der Waals surface area contributed by atoms with Crippen LogP contribution in [-0.2, 0) is 6.42 Å². The molecule has 102 valence electrons. The van der Waals surface area contributed by atoms with Gasteiger partial charge in [-0.2, -0.15) is 4.98 Å². The molecule has 0 saturated heterocycles. The molecule has 1 aliphatic carbocycles. The van der Waals surface area contributed by atoms with Gasteiger partial charge in [0.1, 0.15) is 0 Å². The summed E-state index contributed by atoms with van der Waals surface area (Å²) < 4.78 is 5.30. The lowest BCUT2D eigenvalue weighted by Gasteiger charge is -2.04. The fourth-order valence-corrected chi connectivity index (χ4v) is 2.73. The molecule has 0 aromatic carbocycles. The van der Waals surface area contributed by atoms with Gasteiger partial charge in [-0.1, -0.05) is 12.1 Å². The summed E-state index contributed by atoms with van der Waals surface area (Å²) in [6.45, 7) is 2.27. The van der Waals surface area contributed by atoms with Crippen LogP contribution in [0.2, 0.25) is 0 Å². The molecule has 0 spiro atoms. The maximum atomic E-state index is 6.08. The third kappa shape index (κ3) is 2.68. The Morgan fingerprint density at radius 2 is 2.42 bits per heavy atom. The molecule has 1 saturated carbocycles. The lowest BCUT2D eigenvalue weighted by molar-refractivity contribution is 0.347. The van der Waals surface area contributed by atoms with Gasteiger partial charge < -0.3 is 15.2 Å². The number of nitrogens with zero attached hydrogens (tertiary/aromatic N) is 3.